The van der Waals surface area contributed by atoms with Crippen LogP contribution in [0.25, 0.3) is 17.1 Å². The molecule has 0 spiro atoms. The minimum absolute atomic E-state index is 0.121. The number of hydrogen-bond donors (Lipinski definition) is 1. The molecule has 7 rings (SSSR count). The molecule has 2 aliphatic heterocycles. The number of morpholine rings is 1. The Balaban J connectivity index is 1.23. The fourth-order valence-corrected chi connectivity index (χ4v) is 5.19. The van der Waals surface area contributed by atoms with Crippen LogP contribution in [0.15, 0.2) is 55.4 Å². The second-order valence-electron chi connectivity index (χ2n) is 10.1. The number of amides is 1. The number of carbonyl (C=O) groups is 1. The first kappa shape index (κ1) is 23.0. The smallest absolute Gasteiger partial charge is 0.274 e. The summed E-state index contributed by atoms with van der Waals surface area (Å²) in [5.74, 6) is 1.67. The molecule has 194 valence electrons. The Bertz CT molecular complexity index is 1500. The SMILES string of the molecule is C[C@@H]1COc2c(NC(=O)c3cc(-n4cnc(C5CC5)c4)c(N4CCOCC4)cn3)cccc2-c2nccn21. The van der Waals surface area contributed by atoms with Crippen LogP contribution in [0.1, 0.15) is 47.9 Å². The highest BCUT2D eigenvalue weighted by molar-refractivity contribution is 6.05. The van der Waals surface area contributed by atoms with Gasteiger partial charge in [0.25, 0.3) is 5.91 Å². The summed E-state index contributed by atoms with van der Waals surface area (Å²) in [5, 5.41) is 3.04. The summed E-state index contributed by atoms with van der Waals surface area (Å²) in [5.41, 5.74) is 4.69. The number of nitrogens with zero attached hydrogens (tertiary/aromatic N) is 6. The molecule has 0 bridgehead atoms. The van der Waals surface area contributed by atoms with Crippen LogP contribution in [0.3, 0.4) is 0 Å². The first-order valence-electron chi connectivity index (χ1n) is 13.1. The minimum Gasteiger partial charge on any atom is -0.488 e. The van der Waals surface area contributed by atoms with E-state index < -0.39 is 0 Å². The lowest BCUT2D eigenvalue weighted by molar-refractivity contribution is 0.102. The van der Waals surface area contributed by atoms with Gasteiger partial charge in [0.2, 0.25) is 0 Å². The average Bonchev–Trinajstić information content (AvgIpc) is 3.51. The second-order valence-corrected chi connectivity index (χ2v) is 10.1. The predicted molar refractivity (Wildman–Crippen MR) is 142 cm³/mol. The largest absolute Gasteiger partial charge is 0.488 e. The van der Waals surface area contributed by atoms with Crippen LogP contribution in [0.2, 0.25) is 0 Å². The van der Waals surface area contributed by atoms with Gasteiger partial charge in [-0.3, -0.25) is 4.79 Å². The number of benzene rings is 1. The lowest BCUT2D eigenvalue weighted by Crippen LogP contribution is -2.37. The van der Waals surface area contributed by atoms with Gasteiger partial charge in [-0.15, -0.1) is 0 Å². The van der Waals surface area contributed by atoms with Crippen LogP contribution >= 0.6 is 0 Å². The van der Waals surface area contributed by atoms with Crippen molar-refractivity contribution in [3.63, 3.8) is 0 Å². The Hall–Kier alpha value is -4.18. The third-order valence-electron chi connectivity index (χ3n) is 7.44. The molecular weight excluding hydrogens is 482 g/mol. The van der Waals surface area contributed by atoms with Crippen LogP contribution < -0.4 is 15.0 Å². The maximum atomic E-state index is 13.5. The number of hydrogen-bond acceptors (Lipinski definition) is 7. The molecule has 3 aromatic heterocycles. The molecule has 38 heavy (non-hydrogen) atoms. The number of fused-ring (bicyclic) bond motifs is 3. The van der Waals surface area contributed by atoms with Crippen molar-refractivity contribution in [3.05, 3.63) is 66.8 Å². The van der Waals surface area contributed by atoms with Crippen molar-refractivity contribution in [1.82, 2.24) is 24.1 Å². The van der Waals surface area contributed by atoms with Gasteiger partial charge in [-0.25, -0.2) is 15.0 Å². The third kappa shape index (κ3) is 4.10. The van der Waals surface area contributed by atoms with Gasteiger partial charge in [0.15, 0.2) is 5.75 Å². The van der Waals surface area contributed by atoms with E-state index in [0.717, 1.165) is 41.5 Å². The second kappa shape index (κ2) is 9.29. The highest BCUT2D eigenvalue weighted by atomic mass is 16.5. The number of para-hydroxylation sites is 1. The molecule has 1 aliphatic carbocycles. The van der Waals surface area contributed by atoms with Crippen molar-refractivity contribution in [2.24, 2.45) is 0 Å². The van der Waals surface area contributed by atoms with Crippen molar-refractivity contribution in [2.75, 3.05) is 43.1 Å². The van der Waals surface area contributed by atoms with Crippen LogP contribution in [-0.4, -0.2) is 62.9 Å². The maximum Gasteiger partial charge on any atom is 0.274 e. The molecule has 4 aromatic rings. The molecule has 0 unspecified atom stereocenters. The quantitative estimate of drug-likeness (QED) is 0.432. The summed E-state index contributed by atoms with van der Waals surface area (Å²) in [4.78, 5) is 29.5. The Morgan fingerprint density at radius 3 is 2.82 bits per heavy atom. The standard InChI is InChI=1S/C28H29N7O3/c1-18-16-38-26-20(27-29-7-8-35(18)27)3-2-4-21(26)32-28(36)22-13-24(34-15-23(31-17-34)19-5-6-19)25(14-30-22)33-9-11-37-12-10-33/h2-4,7-8,13-15,17-19H,5-6,9-12,16H2,1H3,(H,32,36)/t18-/m1/s1. The zero-order chi connectivity index (χ0) is 25.6. The molecule has 1 atom stereocenters. The summed E-state index contributed by atoms with van der Waals surface area (Å²) in [6.45, 7) is 5.42. The van der Waals surface area contributed by atoms with Gasteiger partial charge in [-0.1, -0.05) is 6.07 Å². The summed E-state index contributed by atoms with van der Waals surface area (Å²) in [6, 6.07) is 7.68. The van der Waals surface area contributed by atoms with E-state index in [1.165, 1.54) is 12.8 Å². The van der Waals surface area contributed by atoms with Crippen LogP contribution in [0.5, 0.6) is 5.75 Å². The van der Waals surface area contributed by atoms with Crippen LogP contribution in [0, 0.1) is 0 Å². The monoisotopic (exact) mass is 511 g/mol. The lowest BCUT2D eigenvalue weighted by Gasteiger charge is -2.30. The Morgan fingerprint density at radius 1 is 1.11 bits per heavy atom. The predicted octanol–water partition coefficient (Wildman–Crippen LogP) is 4.05. The molecule has 10 heteroatoms. The molecule has 1 N–H and O–H groups in total. The highest BCUT2D eigenvalue weighted by Crippen LogP contribution is 2.41. The maximum absolute atomic E-state index is 13.5. The number of anilines is 2. The van der Waals surface area contributed by atoms with E-state index in [1.807, 2.05) is 41.4 Å². The highest BCUT2D eigenvalue weighted by Gasteiger charge is 2.27. The number of nitrogens with one attached hydrogen (secondary N) is 1. The van der Waals surface area contributed by atoms with Crippen LogP contribution in [0.4, 0.5) is 11.4 Å². The first-order chi connectivity index (χ1) is 18.7. The number of ether oxygens (including phenoxy) is 2. The van der Waals surface area contributed by atoms with E-state index in [4.69, 9.17) is 9.47 Å². The Kier molecular flexibility index (Phi) is 5.61. The lowest BCUT2D eigenvalue weighted by atomic mass is 10.1. The Labute approximate surface area is 220 Å². The molecule has 0 radical (unpaired) electrons. The van der Waals surface area contributed by atoms with Gasteiger partial charge in [0.05, 0.1) is 60.1 Å². The van der Waals surface area contributed by atoms with E-state index in [1.54, 1.807) is 12.4 Å². The number of pyridine rings is 1. The fourth-order valence-electron chi connectivity index (χ4n) is 5.19. The van der Waals surface area contributed by atoms with E-state index in [2.05, 4.69) is 42.9 Å². The molecule has 1 saturated carbocycles. The molecule has 2 fully saturated rings. The van der Waals surface area contributed by atoms with Crippen molar-refractivity contribution in [2.45, 2.75) is 31.7 Å². The van der Waals surface area contributed by atoms with Gasteiger partial charge >= 0.3 is 0 Å². The van der Waals surface area contributed by atoms with Gasteiger partial charge in [-0.05, 0) is 38.0 Å². The summed E-state index contributed by atoms with van der Waals surface area (Å²) >= 11 is 0. The average molecular weight is 512 g/mol. The summed E-state index contributed by atoms with van der Waals surface area (Å²) < 4.78 is 15.8. The summed E-state index contributed by atoms with van der Waals surface area (Å²) in [7, 11) is 0. The van der Waals surface area contributed by atoms with E-state index >= 15 is 0 Å². The minimum atomic E-state index is -0.306. The van der Waals surface area contributed by atoms with Gasteiger partial charge < -0.3 is 28.8 Å². The zero-order valence-electron chi connectivity index (χ0n) is 21.2. The molecule has 3 aliphatic rings. The number of carbonyl (C=O) groups excluding carboxylic acids is 1. The molecule has 10 nitrogen and oxygen atoms in total. The molecule has 1 aromatic carbocycles. The fraction of sp³-hybridized carbons (Fsp3) is 0.357. The first-order valence-corrected chi connectivity index (χ1v) is 13.1. The molecule has 1 amide bonds. The van der Waals surface area contributed by atoms with Gasteiger partial charge in [-0.2, -0.15) is 0 Å². The number of rotatable bonds is 5. The molecule has 1 saturated heterocycles. The topological polar surface area (TPSA) is 99.3 Å². The van der Waals surface area contributed by atoms with Crippen LogP contribution in [-0.2, 0) is 4.74 Å². The molecular formula is C28H29N7O3. The van der Waals surface area contributed by atoms with Gasteiger partial charge in [0.1, 0.15) is 18.1 Å². The normalized spacial score (nSPS) is 18.8. The third-order valence-corrected chi connectivity index (χ3v) is 7.44. The van der Waals surface area contributed by atoms with Crippen molar-refractivity contribution in [3.8, 4) is 22.8 Å². The van der Waals surface area contributed by atoms with Crippen molar-refractivity contribution < 1.29 is 14.3 Å². The van der Waals surface area contributed by atoms with Crippen molar-refractivity contribution in [1.29, 1.82) is 0 Å². The number of imidazole rings is 2. The summed E-state index contributed by atoms with van der Waals surface area (Å²) in [6.07, 6.45) is 11.8. The van der Waals surface area contributed by atoms with E-state index in [0.29, 0.717) is 42.9 Å². The van der Waals surface area contributed by atoms with Gasteiger partial charge in [0, 0.05) is 37.6 Å². The number of aromatic nitrogens is 5. The van der Waals surface area contributed by atoms with E-state index in [-0.39, 0.29) is 11.9 Å². The Morgan fingerprint density at radius 2 is 1.97 bits per heavy atom. The van der Waals surface area contributed by atoms with Crippen molar-refractivity contribution >= 4 is 17.3 Å². The van der Waals surface area contributed by atoms with E-state index in [9.17, 15) is 4.79 Å². The zero-order valence-corrected chi connectivity index (χ0v) is 21.2. The molecule has 5 heterocycles.